The van der Waals surface area contributed by atoms with Crippen LogP contribution in [0.15, 0.2) is 18.2 Å². The number of ether oxygens (including phenoxy) is 2. The van der Waals surface area contributed by atoms with Gasteiger partial charge in [0.05, 0.1) is 17.0 Å². The molecule has 2 bridgehead atoms. The Morgan fingerprint density at radius 3 is 2.71 bits per heavy atom. The molecule has 24 heavy (non-hydrogen) atoms. The Bertz CT molecular complexity index is 646. The van der Waals surface area contributed by atoms with Crippen LogP contribution in [0.2, 0.25) is 0 Å². The number of carboxylic acid groups (broad SMARTS) is 1. The van der Waals surface area contributed by atoms with Crippen LogP contribution in [0, 0.1) is 22.0 Å². The third kappa shape index (κ3) is 3.36. The molecule has 4 unspecified atom stereocenters. The SMILES string of the molecule is CCC(Oc1cc(C(=O)[O-])ccc1[N+](=O)[O-])OC1CC2CCC1C2. The van der Waals surface area contributed by atoms with Gasteiger partial charge in [0.2, 0.25) is 5.75 Å². The van der Waals surface area contributed by atoms with Crippen LogP contribution in [0.1, 0.15) is 49.4 Å². The monoisotopic (exact) mass is 334 g/mol. The second-order valence-corrected chi connectivity index (χ2v) is 6.53. The van der Waals surface area contributed by atoms with E-state index in [1.54, 1.807) is 0 Å². The standard InChI is InChI=1S/C17H21NO6/c1-2-16(23-14-8-10-3-4-11(14)7-10)24-15-9-12(17(19)20)5-6-13(15)18(21)22/h5-6,9-11,14,16H,2-4,7-8H2,1H3,(H,19,20)/p-1. The average Bonchev–Trinajstić information content (AvgIpc) is 3.16. The number of nitrogens with zero attached hydrogens (tertiary/aromatic N) is 1. The maximum absolute atomic E-state index is 11.1. The second-order valence-electron chi connectivity index (χ2n) is 6.53. The summed E-state index contributed by atoms with van der Waals surface area (Å²) in [4.78, 5) is 21.5. The topological polar surface area (TPSA) is 102 Å². The van der Waals surface area contributed by atoms with Crippen molar-refractivity contribution in [3.05, 3.63) is 33.9 Å². The fraction of sp³-hybridized carbons (Fsp3) is 0.588. The molecule has 0 N–H and O–H groups in total. The van der Waals surface area contributed by atoms with E-state index in [1.807, 2.05) is 6.92 Å². The molecule has 2 aliphatic rings. The number of nitro benzene ring substituents is 1. The number of carboxylic acids is 1. The van der Waals surface area contributed by atoms with Crippen molar-refractivity contribution in [3.63, 3.8) is 0 Å². The highest BCUT2D eigenvalue weighted by Crippen LogP contribution is 2.46. The van der Waals surface area contributed by atoms with Gasteiger partial charge in [-0.3, -0.25) is 10.1 Å². The molecule has 3 rings (SSSR count). The molecule has 1 aromatic rings. The van der Waals surface area contributed by atoms with Gasteiger partial charge in [-0.2, -0.15) is 0 Å². The lowest BCUT2D eigenvalue weighted by molar-refractivity contribution is -0.386. The maximum atomic E-state index is 11.1. The van der Waals surface area contributed by atoms with Gasteiger partial charge in [0.25, 0.3) is 0 Å². The molecule has 0 saturated heterocycles. The molecule has 0 aromatic heterocycles. The van der Waals surface area contributed by atoms with Gasteiger partial charge in [-0.05, 0) is 49.7 Å². The number of nitro groups is 1. The van der Waals surface area contributed by atoms with Crippen LogP contribution >= 0.6 is 0 Å². The van der Waals surface area contributed by atoms with Gasteiger partial charge in [0, 0.05) is 18.1 Å². The van der Waals surface area contributed by atoms with Crippen molar-refractivity contribution >= 4 is 11.7 Å². The van der Waals surface area contributed by atoms with E-state index in [0.717, 1.165) is 31.0 Å². The zero-order chi connectivity index (χ0) is 17.3. The minimum Gasteiger partial charge on any atom is -0.545 e. The molecular formula is C17H20NO6-. The highest BCUT2D eigenvalue weighted by Gasteiger charge is 2.41. The molecule has 4 atom stereocenters. The fourth-order valence-electron chi connectivity index (χ4n) is 3.78. The van der Waals surface area contributed by atoms with Crippen LogP contribution in [-0.4, -0.2) is 23.3 Å². The Hall–Kier alpha value is -2.15. The van der Waals surface area contributed by atoms with Crippen molar-refractivity contribution in [3.8, 4) is 5.75 Å². The summed E-state index contributed by atoms with van der Waals surface area (Å²) in [6.45, 7) is 1.87. The number of rotatable bonds is 7. The Kier molecular flexibility index (Phi) is 4.71. The highest BCUT2D eigenvalue weighted by molar-refractivity contribution is 5.87. The third-order valence-corrected chi connectivity index (χ3v) is 4.98. The van der Waals surface area contributed by atoms with Crippen molar-refractivity contribution in [2.45, 2.75) is 51.4 Å². The Morgan fingerprint density at radius 1 is 1.38 bits per heavy atom. The molecule has 0 amide bonds. The van der Waals surface area contributed by atoms with Crippen molar-refractivity contribution in [2.75, 3.05) is 0 Å². The van der Waals surface area contributed by atoms with Gasteiger partial charge in [-0.1, -0.05) is 6.92 Å². The first-order valence-corrected chi connectivity index (χ1v) is 8.29. The van der Waals surface area contributed by atoms with Gasteiger partial charge < -0.3 is 19.4 Å². The Labute approximate surface area is 139 Å². The predicted molar refractivity (Wildman–Crippen MR) is 82.5 cm³/mol. The summed E-state index contributed by atoms with van der Waals surface area (Å²) in [6, 6.07) is 3.38. The third-order valence-electron chi connectivity index (χ3n) is 4.98. The van der Waals surface area contributed by atoms with E-state index in [4.69, 9.17) is 9.47 Å². The largest absolute Gasteiger partial charge is 0.545 e. The zero-order valence-electron chi connectivity index (χ0n) is 13.5. The van der Waals surface area contributed by atoms with Crippen LogP contribution in [0.5, 0.6) is 5.75 Å². The predicted octanol–water partition coefficient (Wildman–Crippen LogP) is 2.28. The van der Waals surface area contributed by atoms with Crippen molar-refractivity contribution in [1.29, 1.82) is 0 Å². The lowest BCUT2D eigenvalue weighted by Gasteiger charge is -2.27. The van der Waals surface area contributed by atoms with Gasteiger partial charge >= 0.3 is 5.69 Å². The lowest BCUT2D eigenvalue weighted by atomic mass is 9.98. The molecular weight excluding hydrogens is 314 g/mol. The van der Waals surface area contributed by atoms with E-state index < -0.39 is 17.2 Å². The Morgan fingerprint density at radius 2 is 2.17 bits per heavy atom. The van der Waals surface area contributed by atoms with E-state index in [-0.39, 0.29) is 23.1 Å². The summed E-state index contributed by atoms with van der Waals surface area (Å²) >= 11 is 0. The van der Waals surface area contributed by atoms with Gasteiger partial charge in [0.15, 0.2) is 6.29 Å². The van der Waals surface area contributed by atoms with Crippen molar-refractivity contribution in [1.82, 2.24) is 0 Å². The van der Waals surface area contributed by atoms with Crippen molar-refractivity contribution < 1.29 is 24.3 Å². The second kappa shape index (κ2) is 6.76. The lowest BCUT2D eigenvalue weighted by Crippen LogP contribution is -2.30. The number of benzene rings is 1. The van der Waals surface area contributed by atoms with E-state index in [2.05, 4.69) is 0 Å². The summed E-state index contributed by atoms with van der Waals surface area (Å²) in [7, 11) is 0. The first-order chi connectivity index (χ1) is 11.5. The molecule has 2 aliphatic carbocycles. The molecule has 2 saturated carbocycles. The highest BCUT2D eigenvalue weighted by atomic mass is 16.7. The molecule has 7 nitrogen and oxygen atoms in total. The number of carbonyl (C=O) groups excluding carboxylic acids is 1. The van der Waals surface area contributed by atoms with Crippen LogP contribution < -0.4 is 9.84 Å². The molecule has 2 fully saturated rings. The first kappa shape index (κ1) is 16.7. The zero-order valence-corrected chi connectivity index (χ0v) is 13.5. The van der Waals surface area contributed by atoms with E-state index in [0.29, 0.717) is 18.3 Å². The number of aromatic carboxylic acids is 1. The molecule has 0 spiro atoms. The minimum absolute atomic E-state index is 0.100. The molecule has 7 heteroatoms. The molecule has 0 aliphatic heterocycles. The smallest absolute Gasteiger partial charge is 0.311 e. The Balaban J connectivity index is 1.75. The number of carbonyl (C=O) groups is 1. The first-order valence-electron chi connectivity index (χ1n) is 8.29. The fourth-order valence-corrected chi connectivity index (χ4v) is 3.78. The van der Waals surface area contributed by atoms with Crippen LogP contribution in [0.4, 0.5) is 5.69 Å². The summed E-state index contributed by atoms with van der Waals surface area (Å²) < 4.78 is 11.7. The quantitative estimate of drug-likeness (QED) is 0.431. The summed E-state index contributed by atoms with van der Waals surface area (Å²) in [5.74, 6) is -0.251. The van der Waals surface area contributed by atoms with E-state index >= 15 is 0 Å². The summed E-state index contributed by atoms with van der Waals surface area (Å²) in [5, 5.41) is 22.1. The number of hydrogen-bond donors (Lipinski definition) is 0. The molecule has 0 heterocycles. The maximum Gasteiger partial charge on any atom is 0.311 e. The van der Waals surface area contributed by atoms with Crippen LogP contribution in [-0.2, 0) is 4.74 Å². The van der Waals surface area contributed by atoms with Crippen molar-refractivity contribution in [2.24, 2.45) is 11.8 Å². The molecule has 130 valence electrons. The van der Waals surface area contributed by atoms with E-state index in [9.17, 15) is 20.0 Å². The summed E-state index contributed by atoms with van der Waals surface area (Å²) in [5.41, 5.74) is -0.444. The van der Waals surface area contributed by atoms with Crippen LogP contribution in [0.25, 0.3) is 0 Å². The number of hydrogen-bond acceptors (Lipinski definition) is 6. The average molecular weight is 334 g/mol. The molecule has 1 aromatic carbocycles. The number of fused-ring (bicyclic) bond motifs is 2. The van der Waals surface area contributed by atoms with Gasteiger partial charge in [-0.25, -0.2) is 0 Å². The van der Waals surface area contributed by atoms with E-state index in [1.165, 1.54) is 12.8 Å². The van der Waals surface area contributed by atoms with Gasteiger partial charge in [-0.15, -0.1) is 0 Å². The normalized spacial score (nSPS) is 26.3. The minimum atomic E-state index is -1.41. The van der Waals surface area contributed by atoms with Crippen LogP contribution in [0.3, 0.4) is 0 Å². The summed E-state index contributed by atoms with van der Waals surface area (Å²) in [6.07, 6.45) is 4.60. The van der Waals surface area contributed by atoms with Gasteiger partial charge in [0.1, 0.15) is 0 Å². The molecule has 0 radical (unpaired) electrons.